The molecule has 0 spiro atoms. The van der Waals surface area contributed by atoms with Crippen molar-refractivity contribution in [3.63, 3.8) is 0 Å². The van der Waals surface area contributed by atoms with Gasteiger partial charge in [-0.15, -0.1) is 0 Å². The largest absolute Gasteiger partial charge is 0.481 e. The minimum atomic E-state index is -0.832. The van der Waals surface area contributed by atoms with E-state index in [1.807, 2.05) is 6.26 Å². The van der Waals surface area contributed by atoms with Crippen LogP contribution in [0, 0.1) is 0 Å². The molecule has 0 aromatic carbocycles. The molecule has 0 saturated carbocycles. The molecule has 1 aliphatic heterocycles. The molecule has 1 N–H and O–H groups in total. The molecule has 6 heteroatoms. The predicted octanol–water partition coefficient (Wildman–Crippen LogP) is 1.34. The lowest BCUT2D eigenvalue weighted by atomic mass is 10.1. The summed E-state index contributed by atoms with van der Waals surface area (Å²) in [6.07, 6.45) is 3.76. The van der Waals surface area contributed by atoms with Gasteiger partial charge >= 0.3 is 12.0 Å². The molecule has 98 valence electrons. The van der Waals surface area contributed by atoms with Crippen molar-refractivity contribution in [2.24, 2.45) is 0 Å². The van der Waals surface area contributed by atoms with Crippen LogP contribution in [0.25, 0.3) is 0 Å². The minimum Gasteiger partial charge on any atom is -0.481 e. The van der Waals surface area contributed by atoms with Crippen LogP contribution >= 0.6 is 11.8 Å². The zero-order valence-corrected chi connectivity index (χ0v) is 11.2. The Morgan fingerprint density at radius 1 is 1.53 bits per heavy atom. The Kier molecular flexibility index (Phi) is 5.61. The molecule has 1 saturated heterocycles. The van der Waals surface area contributed by atoms with Gasteiger partial charge in [0.15, 0.2) is 0 Å². The molecule has 0 bridgehead atoms. The van der Waals surface area contributed by atoms with Gasteiger partial charge in [0.2, 0.25) is 0 Å². The Balaban J connectivity index is 2.51. The number of likely N-dealkylation sites (tertiary alicyclic amines) is 1. The zero-order chi connectivity index (χ0) is 12.8. The third-order valence-corrected chi connectivity index (χ3v) is 3.58. The van der Waals surface area contributed by atoms with Crippen molar-refractivity contribution >= 4 is 23.8 Å². The average molecular weight is 260 g/mol. The minimum absolute atomic E-state index is 0.0391. The molecule has 1 rings (SSSR count). The summed E-state index contributed by atoms with van der Waals surface area (Å²) in [6.45, 7) is 1.39. The number of carbonyl (C=O) groups is 2. The smallest absolute Gasteiger partial charge is 0.320 e. The van der Waals surface area contributed by atoms with Crippen molar-refractivity contribution in [2.45, 2.75) is 25.3 Å². The van der Waals surface area contributed by atoms with Crippen molar-refractivity contribution in [2.75, 3.05) is 32.1 Å². The Morgan fingerprint density at radius 3 is 2.82 bits per heavy atom. The van der Waals surface area contributed by atoms with Gasteiger partial charge in [0.05, 0.1) is 6.42 Å². The number of nitrogens with zero attached hydrogens (tertiary/aromatic N) is 2. The van der Waals surface area contributed by atoms with Crippen molar-refractivity contribution in [1.29, 1.82) is 0 Å². The van der Waals surface area contributed by atoms with E-state index in [9.17, 15) is 9.59 Å². The normalized spacial score (nSPS) is 19.4. The van der Waals surface area contributed by atoms with Crippen LogP contribution in [0.1, 0.15) is 19.3 Å². The summed E-state index contributed by atoms with van der Waals surface area (Å²) in [6, 6.07) is -0.167. The van der Waals surface area contributed by atoms with Gasteiger partial charge in [-0.1, -0.05) is 0 Å². The molecule has 1 heterocycles. The van der Waals surface area contributed by atoms with Gasteiger partial charge in [0, 0.05) is 31.9 Å². The van der Waals surface area contributed by atoms with Gasteiger partial charge in [-0.05, 0) is 19.1 Å². The number of hydrogen-bond donors (Lipinski definition) is 1. The number of amides is 2. The van der Waals surface area contributed by atoms with Crippen LogP contribution in [0.2, 0.25) is 0 Å². The summed E-state index contributed by atoms with van der Waals surface area (Å²) >= 11 is 1.69. The zero-order valence-electron chi connectivity index (χ0n) is 10.4. The second-order valence-electron chi connectivity index (χ2n) is 4.28. The van der Waals surface area contributed by atoms with Crippen LogP contribution < -0.4 is 0 Å². The maximum atomic E-state index is 12.1. The molecule has 1 unspecified atom stereocenters. The van der Waals surface area contributed by atoms with Crippen LogP contribution in [0.15, 0.2) is 0 Å². The lowest BCUT2D eigenvalue weighted by Gasteiger charge is -2.28. The molecule has 1 atom stereocenters. The van der Waals surface area contributed by atoms with E-state index in [4.69, 9.17) is 5.11 Å². The van der Waals surface area contributed by atoms with E-state index < -0.39 is 5.97 Å². The highest BCUT2D eigenvalue weighted by molar-refractivity contribution is 7.98. The fraction of sp³-hybridized carbons (Fsp3) is 0.818. The number of aliphatic carboxylic acids is 1. The lowest BCUT2D eigenvalue weighted by Crippen LogP contribution is -2.45. The molecule has 2 amide bonds. The summed E-state index contributed by atoms with van der Waals surface area (Å²) in [4.78, 5) is 26.2. The number of rotatable bonds is 5. The monoisotopic (exact) mass is 260 g/mol. The molecule has 0 aliphatic carbocycles. The standard InChI is InChI=1S/C11H20N2O3S/c1-12(6-7-17-2)11(16)13-5-3-4-9(13)8-10(14)15/h9H,3-8H2,1-2H3,(H,14,15). The van der Waals surface area contributed by atoms with E-state index in [-0.39, 0.29) is 18.5 Å². The third-order valence-electron chi connectivity index (χ3n) is 2.99. The van der Waals surface area contributed by atoms with Crippen LogP contribution in [0.4, 0.5) is 4.79 Å². The molecule has 0 aromatic heterocycles. The molecule has 17 heavy (non-hydrogen) atoms. The highest BCUT2D eigenvalue weighted by Crippen LogP contribution is 2.21. The lowest BCUT2D eigenvalue weighted by molar-refractivity contribution is -0.137. The second kappa shape index (κ2) is 6.74. The summed E-state index contributed by atoms with van der Waals surface area (Å²) < 4.78 is 0. The van der Waals surface area contributed by atoms with E-state index in [2.05, 4.69) is 0 Å². The van der Waals surface area contributed by atoms with E-state index in [1.165, 1.54) is 0 Å². The quantitative estimate of drug-likeness (QED) is 0.810. The van der Waals surface area contributed by atoms with E-state index >= 15 is 0 Å². The molecule has 5 nitrogen and oxygen atoms in total. The van der Waals surface area contributed by atoms with Gasteiger partial charge < -0.3 is 14.9 Å². The highest BCUT2D eigenvalue weighted by Gasteiger charge is 2.31. The van der Waals surface area contributed by atoms with E-state index in [1.54, 1.807) is 28.6 Å². The number of carboxylic acid groups (broad SMARTS) is 1. The Bertz CT molecular complexity index is 286. The fourth-order valence-corrected chi connectivity index (χ4v) is 2.50. The number of thioether (sulfide) groups is 1. The number of carboxylic acids is 1. The van der Waals surface area contributed by atoms with Crippen LogP contribution in [-0.2, 0) is 4.79 Å². The third kappa shape index (κ3) is 4.11. The van der Waals surface area contributed by atoms with Crippen LogP contribution in [0.3, 0.4) is 0 Å². The molecular formula is C11H20N2O3S. The van der Waals surface area contributed by atoms with Gasteiger partial charge in [-0.25, -0.2) is 4.79 Å². The first-order chi connectivity index (χ1) is 8.06. The average Bonchev–Trinajstić information content (AvgIpc) is 2.71. The number of carbonyl (C=O) groups excluding carboxylic acids is 1. The topological polar surface area (TPSA) is 60.9 Å². The Morgan fingerprint density at radius 2 is 2.24 bits per heavy atom. The van der Waals surface area contributed by atoms with Crippen LogP contribution in [-0.4, -0.2) is 65.1 Å². The summed E-state index contributed by atoms with van der Waals surface area (Å²) in [5.74, 6) is 0.0705. The maximum absolute atomic E-state index is 12.1. The molecule has 1 aliphatic rings. The first kappa shape index (κ1) is 14.2. The van der Waals surface area contributed by atoms with Crippen molar-refractivity contribution in [3.05, 3.63) is 0 Å². The number of urea groups is 1. The Labute approximate surface area is 106 Å². The van der Waals surface area contributed by atoms with E-state index in [0.29, 0.717) is 13.1 Å². The van der Waals surface area contributed by atoms with E-state index in [0.717, 1.165) is 18.6 Å². The molecule has 0 radical (unpaired) electrons. The Hall–Kier alpha value is -0.910. The van der Waals surface area contributed by atoms with Crippen molar-refractivity contribution < 1.29 is 14.7 Å². The number of hydrogen-bond acceptors (Lipinski definition) is 3. The van der Waals surface area contributed by atoms with Crippen molar-refractivity contribution in [1.82, 2.24) is 9.80 Å². The van der Waals surface area contributed by atoms with Gasteiger partial charge in [-0.2, -0.15) is 11.8 Å². The molecular weight excluding hydrogens is 240 g/mol. The maximum Gasteiger partial charge on any atom is 0.320 e. The molecule has 0 aromatic rings. The first-order valence-electron chi connectivity index (χ1n) is 5.78. The fourth-order valence-electron chi connectivity index (χ4n) is 2.04. The van der Waals surface area contributed by atoms with Crippen LogP contribution in [0.5, 0.6) is 0 Å². The first-order valence-corrected chi connectivity index (χ1v) is 7.18. The summed E-state index contributed by atoms with van der Waals surface area (Å²) in [5.41, 5.74) is 0. The summed E-state index contributed by atoms with van der Waals surface area (Å²) in [5, 5.41) is 8.80. The van der Waals surface area contributed by atoms with Gasteiger partial charge in [0.1, 0.15) is 0 Å². The summed E-state index contributed by atoms with van der Waals surface area (Å²) in [7, 11) is 1.77. The van der Waals surface area contributed by atoms with Gasteiger partial charge in [0.25, 0.3) is 0 Å². The van der Waals surface area contributed by atoms with Gasteiger partial charge in [-0.3, -0.25) is 4.79 Å². The molecule has 1 fully saturated rings. The van der Waals surface area contributed by atoms with Crippen molar-refractivity contribution in [3.8, 4) is 0 Å². The highest BCUT2D eigenvalue weighted by atomic mass is 32.2. The SMILES string of the molecule is CSCCN(C)C(=O)N1CCCC1CC(=O)O. The predicted molar refractivity (Wildman–Crippen MR) is 68.4 cm³/mol. The second-order valence-corrected chi connectivity index (χ2v) is 5.27.